The van der Waals surface area contributed by atoms with Gasteiger partial charge in [-0.2, -0.15) is 0 Å². The molecule has 0 saturated heterocycles. The van der Waals surface area contributed by atoms with E-state index in [0.717, 1.165) is 35.9 Å². The quantitative estimate of drug-likeness (QED) is 0.799. The zero-order valence-corrected chi connectivity index (χ0v) is 12.8. The van der Waals surface area contributed by atoms with Crippen molar-refractivity contribution in [2.45, 2.75) is 51.9 Å². The predicted octanol–water partition coefficient (Wildman–Crippen LogP) is 4.25. The molecule has 0 aliphatic heterocycles. The Labute approximate surface area is 126 Å². The molecule has 3 rings (SSSR count). The number of hydrogen-bond acceptors (Lipinski definition) is 2. The van der Waals surface area contributed by atoms with Gasteiger partial charge < -0.3 is 10.4 Å². The molecular formula is C18H25NO2. The molecule has 0 heterocycles. The average molecular weight is 287 g/mol. The van der Waals surface area contributed by atoms with Crippen LogP contribution >= 0.6 is 0 Å². The maximum Gasteiger partial charge on any atom is 0.227 e. The number of carbonyl (C=O) groups excluding carboxylic acids is 1. The third-order valence-electron chi connectivity index (χ3n) is 5.37. The number of fused-ring (bicyclic) bond motifs is 1. The lowest BCUT2D eigenvalue weighted by atomic mass is 9.67. The molecule has 2 aliphatic carbocycles. The number of amides is 1. The number of anilines is 1. The highest BCUT2D eigenvalue weighted by Gasteiger charge is 2.34. The van der Waals surface area contributed by atoms with E-state index in [2.05, 4.69) is 5.32 Å². The third kappa shape index (κ3) is 3.22. The summed E-state index contributed by atoms with van der Waals surface area (Å²) in [6.07, 6.45) is 8.72. The van der Waals surface area contributed by atoms with Crippen molar-refractivity contribution in [2.24, 2.45) is 17.8 Å². The summed E-state index contributed by atoms with van der Waals surface area (Å²) in [5.41, 5.74) is 1.59. The Hall–Kier alpha value is -1.51. The van der Waals surface area contributed by atoms with E-state index in [0.29, 0.717) is 0 Å². The van der Waals surface area contributed by atoms with Crippen LogP contribution in [0.2, 0.25) is 0 Å². The Morgan fingerprint density at radius 2 is 1.90 bits per heavy atom. The van der Waals surface area contributed by atoms with Gasteiger partial charge in [0.1, 0.15) is 5.75 Å². The van der Waals surface area contributed by atoms with Crippen LogP contribution in [0.3, 0.4) is 0 Å². The highest BCUT2D eigenvalue weighted by molar-refractivity contribution is 5.92. The first-order chi connectivity index (χ1) is 10.1. The summed E-state index contributed by atoms with van der Waals surface area (Å²) in [6, 6.07) is 5.24. The van der Waals surface area contributed by atoms with E-state index in [-0.39, 0.29) is 17.6 Å². The fourth-order valence-electron chi connectivity index (χ4n) is 4.09. The van der Waals surface area contributed by atoms with Crippen LogP contribution in [0.5, 0.6) is 5.75 Å². The number of aryl methyl sites for hydroxylation is 1. The highest BCUT2D eigenvalue weighted by Crippen LogP contribution is 2.42. The molecule has 1 amide bonds. The maximum atomic E-state index is 12.5. The van der Waals surface area contributed by atoms with Gasteiger partial charge in [0.15, 0.2) is 0 Å². The molecule has 2 aliphatic rings. The zero-order chi connectivity index (χ0) is 14.8. The molecule has 0 spiro atoms. The summed E-state index contributed by atoms with van der Waals surface area (Å²) in [5.74, 6) is 2.24. The molecule has 0 radical (unpaired) electrons. The van der Waals surface area contributed by atoms with Gasteiger partial charge in [0.2, 0.25) is 5.91 Å². The fraction of sp³-hybridized carbons (Fsp3) is 0.611. The van der Waals surface area contributed by atoms with Gasteiger partial charge in [0.25, 0.3) is 0 Å². The lowest BCUT2D eigenvalue weighted by Gasteiger charge is -2.38. The number of nitrogens with one attached hydrogen (secondary N) is 1. The first-order valence-electron chi connectivity index (χ1n) is 8.24. The minimum atomic E-state index is 0.157. The maximum absolute atomic E-state index is 12.5. The number of hydrogen-bond donors (Lipinski definition) is 2. The average Bonchev–Trinajstić information content (AvgIpc) is 2.50. The molecule has 3 nitrogen and oxygen atoms in total. The van der Waals surface area contributed by atoms with E-state index in [9.17, 15) is 9.90 Å². The van der Waals surface area contributed by atoms with Crippen molar-refractivity contribution >= 4 is 11.6 Å². The number of rotatable bonds is 2. The molecule has 3 heteroatoms. The SMILES string of the molecule is Cc1cc(NC(=O)C2CCC3CCCCC3C2)ccc1O. The van der Waals surface area contributed by atoms with Gasteiger partial charge in [-0.25, -0.2) is 0 Å². The molecule has 114 valence electrons. The molecular weight excluding hydrogens is 262 g/mol. The van der Waals surface area contributed by atoms with Gasteiger partial charge in [-0.3, -0.25) is 4.79 Å². The molecule has 2 N–H and O–H groups in total. The Morgan fingerprint density at radius 1 is 1.14 bits per heavy atom. The van der Waals surface area contributed by atoms with Crippen LogP contribution < -0.4 is 5.32 Å². The lowest BCUT2D eigenvalue weighted by molar-refractivity contribution is -0.122. The minimum absolute atomic E-state index is 0.157. The van der Waals surface area contributed by atoms with Crippen molar-refractivity contribution in [3.05, 3.63) is 23.8 Å². The number of phenols is 1. The van der Waals surface area contributed by atoms with E-state index in [1.165, 1.54) is 32.1 Å². The summed E-state index contributed by atoms with van der Waals surface area (Å²) in [7, 11) is 0. The van der Waals surface area contributed by atoms with E-state index in [1.54, 1.807) is 12.1 Å². The largest absolute Gasteiger partial charge is 0.508 e. The molecule has 2 saturated carbocycles. The van der Waals surface area contributed by atoms with E-state index in [4.69, 9.17) is 0 Å². The van der Waals surface area contributed by atoms with Gasteiger partial charge in [-0.05, 0) is 61.8 Å². The summed E-state index contributed by atoms with van der Waals surface area (Å²) >= 11 is 0. The second-order valence-corrected chi connectivity index (χ2v) is 6.81. The van der Waals surface area contributed by atoms with Crippen LogP contribution in [0.15, 0.2) is 18.2 Å². The molecule has 1 aromatic carbocycles. The van der Waals surface area contributed by atoms with Crippen molar-refractivity contribution in [2.75, 3.05) is 5.32 Å². The monoisotopic (exact) mass is 287 g/mol. The number of aromatic hydroxyl groups is 1. The zero-order valence-electron chi connectivity index (χ0n) is 12.8. The summed E-state index contributed by atoms with van der Waals surface area (Å²) in [4.78, 5) is 12.5. The smallest absolute Gasteiger partial charge is 0.227 e. The molecule has 0 bridgehead atoms. The van der Waals surface area contributed by atoms with Gasteiger partial charge in [-0.1, -0.05) is 25.7 Å². The molecule has 3 atom stereocenters. The summed E-state index contributed by atoms with van der Waals surface area (Å²) < 4.78 is 0. The fourth-order valence-corrected chi connectivity index (χ4v) is 4.09. The molecule has 1 aromatic rings. The van der Waals surface area contributed by atoms with E-state index in [1.807, 2.05) is 13.0 Å². The molecule has 0 aromatic heterocycles. The Bertz CT molecular complexity index is 526. The van der Waals surface area contributed by atoms with Crippen LogP contribution in [0.1, 0.15) is 50.5 Å². The van der Waals surface area contributed by atoms with Gasteiger partial charge in [-0.15, -0.1) is 0 Å². The number of benzene rings is 1. The predicted molar refractivity (Wildman–Crippen MR) is 84.3 cm³/mol. The first-order valence-corrected chi connectivity index (χ1v) is 8.24. The molecule has 3 unspecified atom stereocenters. The standard InChI is InChI=1S/C18H25NO2/c1-12-10-16(8-9-17(12)20)19-18(21)15-7-6-13-4-2-3-5-14(13)11-15/h8-10,13-15,20H,2-7,11H2,1H3,(H,19,21). The van der Waals surface area contributed by atoms with Crippen molar-refractivity contribution in [3.8, 4) is 5.75 Å². The van der Waals surface area contributed by atoms with E-state index < -0.39 is 0 Å². The second kappa shape index (κ2) is 6.08. The normalized spacial score (nSPS) is 28.7. The molecule has 2 fully saturated rings. The summed E-state index contributed by atoms with van der Waals surface area (Å²) in [6.45, 7) is 1.85. The van der Waals surface area contributed by atoms with Crippen LogP contribution in [-0.2, 0) is 4.79 Å². The van der Waals surface area contributed by atoms with Crippen molar-refractivity contribution < 1.29 is 9.90 Å². The summed E-state index contributed by atoms with van der Waals surface area (Å²) in [5, 5.41) is 12.6. The van der Waals surface area contributed by atoms with E-state index >= 15 is 0 Å². The van der Waals surface area contributed by atoms with Gasteiger partial charge in [0.05, 0.1) is 0 Å². The Kier molecular flexibility index (Phi) is 4.18. The number of carbonyl (C=O) groups is 1. The van der Waals surface area contributed by atoms with Crippen molar-refractivity contribution in [3.63, 3.8) is 0 Å². The highest BCUT2D eigenvalue weighted by atomic mass is 16.3. The van der Waals surface area contributed by atoms with Crippen LogP contribution in [-0.4, -0.2) is 11.0 Å². The van der Waals surface area contributed by atoms with Gasteiger partial charge in [0, 0.05) is 11.6 Å². The topological polar surface area (TPSA) is 49.3 Å². The molecule has 21 heavy (non-hydrogen) atoms. The van der Waals surface area contributed by atoms with Crippen LogP contribution in [0.25, 0.3) is 0 Å². The second-order valence-electron chi connectivity index (χ2n) is 6.81. The third-order valence-corrected chi connectivity index (χ3v) is 5.37. The lowest BCUT2D eigenvalue weighted by Crippen LogP contribution is -2.33. The van der Waals surface area contributed by atoms with Crippen molar-refractivity contribution in [1.82, 2.24) is 0 Å². The Morgan fingerprint density at radius 3 is 2.67 bits per heavy atom. The number of phenolic OH excluding ortho intramolecular Hbond substituents is 1. The van der Waals surface area contributed by atoms with Crippen LogP contribution in [0.4, 0.5) is 5.69 Å². The van der Waals surface area contributed by atoms with Crippen molar-refractivity contribution in [1.29, 1.82) is 0 Å². The minimum Gasteiger partial charge on any atom is -0.508 e. The van der Waals surface area contributed by atoms with Gasteiger partial charge >= 0.3 is 0 Å². The van der Waals surface area contributed by atoms with Crippen LogP contribution in [0, 0.1) is 24.7 Å². The first kappa shape index (κ1) is 14.4. The Balaban J connectivity index is 1.61.